The molecule has 0 aliphatic rings. The number of carboxylic acids is 1. The fourth-order valence-corrected chi connectivity index (χ4v) is 0.223. The number of hydrogen-bond donors (Lipinski definition) is 1. The minimum atomic E-state index is -1.24. The lowest BCUT2D eigenvalue weighted by Crippen LogP contribution is -2.12. The van der Waals surface area contributed by atoms with Gasteiger partial charge >= 0.3 is 12.1 Å². The van der Waals surface area contributed by atoms with Crippen molar-refractivity contribution in [2.75, 3.05) is 6.61 Å². The molecule has 10 heavy (non-hydrogen) atoms. The molecule has 56 valence electrons. The van der Waals surface area contributed by atoms with Crippen LogP contribution in [0.4, 0.5) is 4.79 Å². The highest BCUT2D eigenvalue weighted by Gasteiger charge is 2.03. The first-order valence-corrected chi connectivity index (χ1v) is 2.33. The molecule has 0 fully saturated rings. The Hall–Kier alpha value is -1.52. The van der Waals surface area contributed by atoms with Crippen LogP contribution in [-0.2, 0) is 14.3 Å². The molecule has 0 aliphatic carbocycles. The van der Waals surface area contributed by atoms with Crippen molar-refractivity contribution >= 4 is 12.1 Å². The first-order chi connectivity index (χ1) is 4.66. The van der Waals surface area contributed by atoms with E-state index in [-0.39, 0.29) is 0 Å². The van der Waals surface area contributed by atoms with Gasteiger partial charge in [0.15, 0.2) is 6.61 Å². The van der Waals surface area contributed by atoms with E-state index in [2.05, 4.69) is 16.1 Å². The highest BCUT2D eigenvalue weighted by Crippen LogP contribution is 1.83. The van der Waals surface area contributed by atoms with E-state index in [0.29, 0.717) is 0 Å². The van der Waals surface area contributed by atoms with E-state index in [1.165, 1.54) is 0 Å². The third-order valence-corrected chi connectivity index (χ3v) is 0.493. The van der Waals surface area contributed by atoms with Crippen LogP contribution in [0.3, 0.4) is 0 Å². The molecule has 0 aromatic heterocycles. The smallest absolute Gasteiger partial charge is 0.479 e. The fraction of sp³-hybridized carbons (Fsp3) is 0.200. The summed E-state index contributed by atoms with van der Waals surface area (Å²) in [5.74, 6) is -1.24. The summed E-state index contributed by atoms with van der Waals surface area (Å²) in [7, 11) is 0. The van der Waals surface area contributed by atoms with Gasteiger partial charge in [0.2, 0.25) is 0 Å². The first kappa shape index (κ1) is 8.48. The number of carboxylic acid groups (broad SMARTS) is 1. The highest BCUT2D eigenvalue weighted by molar-refractivity contribution is 5.71. The van der Waals surface area contributed by atoms with Gasteiger partial charge in [-0.25, -0.2) is 9.59 Å². The average Bonchev–Trinajstić information content (AvgIpc) is 1.85. The number of carbonyl (C=O) groups is 2. The minimum Gasteiger partial charge on any atom is -0.479 e. The zero-order valence-corrected chi connectivity index (χ0v) is 5.07. The summed E-state index contributed by atoms with van der Waals surface area (Å²) in [6.07, 6.45) is -0.220. The van der Waals surface area contributed by atoms with Gasteiger partial charge in [-0.1, -0.05) is 6.58 Å². The van der Waals surface area contributed by atoms with E-state index in [1.807, 2.05) is 0 Å². The van der Waals surface area contributed by atoms with Crippen LogP contribution in [0.1, 0.15) is 0 Å². The Morgan fingerprint density at radius 1 is 1.60 bits per heavy atom. The van der Waals surface area contributed by atoms with Gasteiger partial charge in [0.05, 0.1) is 6.26 Å². The van der Waals surface area contributed by atoms with Crippen molar-refractivity contribution in [3.8, 4) is 0 Å². The maximum Gasteiger partial charge on any atom is 0.513 e. The minimum absolute atomic E-state index is 0.702. The molecule has 0 bridgehead atoms. The van der Waals surface area contributed by atoms with Gasteiger partial charge in [0.1, 0.15) is 0 Å². The van der Waals surface area contributed by atoms with Crippen LogP contribution in [0, 0.1) is 0 Å². The molecule has 0 aromatic rings. The normalized spacial score (nSPS) is 8.00. The molecule has 0 heterocycles. The molecule has 0 amide bonds. The van der Waals surface area contributed by atoms with E-state index in [4.69, 9.17) is 5.11 Å². The summed E-state index contributed by atoms with van der Waals surface area (Å²) in [5.41, 5.74) is 0. The largest absolute Gasteiger partial charge is 0.513 e. The number of carbonyl (C=O) groups excluding carboxylic acids is 1. The molecule has 0 saturated carbocycles. The van der Waals surface area contributed by atoms with Crippen LogP contribution in [0.25, 0.3) is 0 Å². The molecule has 0 spiro atoms. The summed E-state index contributed by atoms with van der Waals surface area (Å²) in [6, 6.07) is 0. The molecule has 0 unspecified atom stereocenters. The summed E-state index contributed by atoms with van der Waals surface area (Å²) in [4.78, 5) is 19.9. The lowest BCUT2D eigenvalue weighted by molar-refractivity contribution is -0.140. The van der Waals surface area contributed by atoms with Gasteiger partial charge in [-0.05, 0) is 0 Å². The van der Waals surface area contributed by atoms with Crippen LogP contribution in [0.2, 0.25) is 0 Å². The molecule has 5 nitrogen and oxygen atoms in total. The zero-order valence-electron chi connectivity index (χ0n) is 5.07. The van der Waals surface area contributed by atoms with Crippen LogP contribution >= 0.6 is 0 Å². The number of aliphatic carboxylic acids is 1. The quantitative estimate of drug-likeness (QED) is 0.460. The van der Waals surface area contributed by atoms with E-state index >= 15 is 0 Å². The van der Waals surface area contributed by atoms with Gasteiger partial charge in [0, 0.05) is 0 Å². The Kier molecular flexibility index (Phi) is 3.70. The van der Waals surface area contributed by atoms with Gasteiger partial charge < -0.3 is 14.6 Å². The third kappa shape index (κ3) is 4.63. The molecule has 0 radical (unpaired) electrons. The van der Waals surface area contributed by atoms with Crippen molar-refractivity contribution in [1.29, 1.82) is 0 Å². The van der Waals surface area contributed by atoms with E-state index < -0.39 is 18.7 Å². The lowest BCUT2D eigenvalue weighted by Gasteiger charge is -1.96. The third-order valence-electron chi connectivity index (χ3n) is 0.493. The Balaban J connectivity index is 3.39. The summed E-state index contributed by atoms with van der Waals surface area (Å²) in [6.45, 7) is 2.36. The van der Waals surface area contributed by atoms with E-state index in [0.717, 1.165) is 6.26 Å². The summed E-state index contributed by atoms with van der Waals surface area (Å²) >= 11 is 0. The molecular weight excluding hydrogens is 140 g/mol. The molecule has 0 rings (SSSR count). The zero-order chi connectivity index (χ0) is 7.98. The van der Waals surface area contributed by atoms with Gasteiger partial charge in [-0.15, -0.1) is 0 Å². The number of hydrogen-bond acceptors (Lipinski definition) is 4. The predicted molar refractivity (Wildman–Crippen MR) is 30.3 cm³/mol. The van der Waals surface area contributed by atoms with Crippen LogP contribution < -0.4 is 0 Å². The Bertz CT molecular complexity index is 150. The standard InChI is InChI=1S/C5H6O5/c1-2-9-5(8)10-3-4(6)7/h2H,1,3H2,(H,6,7). The molecule has 5 heteroatoms. The van der Waals surface area contributed by atoms with E-state index in [9.17, 15) is 9.59 Å². The summed E-state index contributed by atoms with van der Waals surface area (Å²) in [5, 5.41) is 7.97. The van der Waals surface area contributed by atoms with Crippen molar-refractivity contribution in [2.24, 2.45) is 0 Å². The van der Waals surface area contributed by atoms with Crippen molar-refractivity contribution in [1.82, 2.24) is 0 Å². The van der Waals surface area contributed by atoms with Crippen LogP contribution in [-0.4, -0.2) is 23.8 Å². The fourth-order valence-electron chi connectivity index (χ4n) is 0.223. The average molecular weight is 146 g/mol. The van der Waals surface area contributed by atoms with Gasteiger partial charge in [0.25, 0.3) is 0 Å². The molecule has 0 aromatic carbocycles. The number of ether oxygens (including phenoxy) is 2. The highest BCUT2D eigenvalue weighted by atomic mass is 16.7. The van der Waals surface area contributed by atoms with Crippen molar-refractivity contribution in [3.05, 3.63) is 12.8 Å². The molecular formula is C5H6O5. The van der Waals surface area contributed by atoms with Crippen molar-refractivity contribution in [2.45, 2.75) is 0 Å². The first-order valence-electron chi connectivity index (χ1n) is 2.33. The molecule has 0 saturated heterocycles. The Labute approximate surface area is 56.9 Å². The molecule has 0 atom stereocenters. The van der Waals surface area contributed by atoms with E-state index in [1.54, 1.807) is 0 Å². The topological polar surface area (TPSA) is 72.8 Å². The van der Waals surface area contributed by atoms with Crippen LogP contribution in [0.5, 0.6) is 0 Å². The second-order valence-corrected chi connectivity index (χ2v) is 1.22. The van der Waals surface area contributed by atoms with Gasteiger partial charge in [-0.3, -0.25) is 0 Å². The second-order valence-electron chi connectivity index (χ2n) is 1.22. The predicted octanol–water partition coefficient (Wildman–Crippen LogP) is 0.368. The maximum atomic E-state index is 10.2. The monoisotopic (exact) mass is 146 g/mol. The van der Waals surface area contributed by atoms with Gasteiger partial charge in [-0.2, -0.15) is 0 Å². The SMILES string of the molecule is C=COC(=O)OCC(=O)O. The Morgan fingerprint density at radius 3 is 2.60 bits per heavy atom. The van der Waals surface area contributed by atoms with Crippen molar-refractivity contribution in [3.63, 3.8) is 0 Å². The Morgan fingerprint density at radius 2 is 2.20 bits per heavy atom. The second kappa shape index (κ2) is 4.37. The lowest BCUT2D eigenvalue weighted by atomic mass is 10.7. The number of rotatable bonds is 3. The van der Waals surface area contributed by atoms with Crippen molar-refractivity contribution < 1.29 is 24.2 Å². The maximum absolute atomic E-state index is 10.2. The molecule has 1 N–H and O–H groups in total. The van der Waals surface area contributed by atoms with Crippen LogP contribution in [0.15, 0.2) is 12.8 Å². The molecule has 0 aliphatic heterocycles. The summed E-state index contributed by atoms with van der Waals surface area (Å²) < 4.78 is 8.04.